The van der Waals surface area contributed by atoms with Gasteiger partial charge in [0.2, 0.25) is 0 Å². The molecule has 0 saturated carbocycles. The number of benzene rings is 3. The lowest BCUT2D eigenvalue weighted by molar-refractivity contribution is -0.384. The predicted molar refractivity (Wildman–Crippen MR) is 137 cm³/mol. The van der Waals surface area contributed by atoms with Gasteiger partial charge in [0.15, 0.2) is 0 Å². The van der Waals surface area contributed by atoms with Crippen LogP contribution < -0.4 is 4.74 Å². The number of nitrogens with one attached hydrogen (secondary N) is 1. The van der Waals surface area contributed by atoms with E-state index < -0.39 is 0 Å². The van der Waals surface area contributed by atoms with Crippen molar-refractivity contribution in [1.82, 2.24) is 9.88 Å². The van der Waals surface area contributed by atoms with Crippen molar-refractivity contribution in [2.75, 3.05) is 20.2 Å². The number of amides is 1. The lowest BCUT2D eigenvalue weighted by Crippen LogP contribution is -2.55. The molecule has 1 aromatic heterocycles. The van der Waals surface area contributed by atoms with Gasteiger partial charge in [-0.2, -0.15) is 0 Å². The van der Waals surface area contributed by atoms with Gasteiger partial charge in [0.25, 0.3) is 11.6 Å². The Bertz CT molecular complexity index is 1480. The van der Waals surface area contributed by atoms with E-state index in [0.717, 1.165) is 47.2 Å². The first-order valence-electron chi connectivity index (χ1n) is 12.3. The number of nitro benzene ring substituents is 1. The summed E-state index contributed by atoms with van der Waals surface area (Å²) in [6.45, 7) is 1.30. The Labute approximate surface area is 208 Å². The first-order valence-corrected chi connectivity index (χ1v) is 12.3. The fourth-order valence-corrected chi connectivity index (χ4v) is 6.28. The third-order valence-electron chi connectivity index (χ3n) is 8.13. The second-order valence-corrected chi connectivity index (χ2v) is 9.90. The van der Waals surface area contributed by atoms with E-state index in [1.54, 1.807) is 25.3 Å². The normalized spacial score (nSPS) is 21.0. The van der Waals surface area contributed by atoms with Gasteiger partial charge in [-0.25, -0.2) is 0 Å². The SMILES string of the molecule is COc1cccc(C23CCN(C(=O)c4ccccc4)CC2Cc2c([nH]c4ccc([N+](=O)[O-])cc24)C3)c1. The van der Waals surface area contributed by atoms with Crippen molar-refractivity contribution in [3.63, 3.8) is 0 Å². The zero-order valence-electron chi connectivity index (χ0n) is 20.1. The Morgan fingerprint density at radius 1 is 1.11 bits per heavy atom. The Morgan fingerprint density at radius 2 is 1.94 bits per heavy atom. The number of ether oxygens (including phenoxy) is 1. The number of carbonyl (C=O) groups is 1. The molecule has 2 aliphatic rings. The number of H-pyrrole nitrogens is 1. The molecule has 1 amide bonds. The molecule has 1 N–H and O–H groups in total. The highest BCUT2D eigenvalue weighted by Gasteiger charge is 2.49. The number of methoxy groups -OCH3 is 1. The zero-order chi connectivity index (χ0) is 24.9. The van der Waals surface area contributed by atoms with Crippen LogP contribution in [-0.4, -0.2) is 40.9 Å². The lowest BCUT2D eigenvalue weighted by Gasteiger charge is -2.51. The van der Waals surface area contributed by atoms with E-state index in [-0.39, 0.29) is 27.9 Å². The van der Waals surface area contributed by atoms with Gasteiger partial charge in [-0.05, 0) is 66.6 Å². The largest absolute Gasteiger partial charge is 0.497 e. The molecule has 1 aliphatic heterocycles. The zero-order valence-corrected chi connectivity index (χ0v) is 20.1. The average Bonchev–Trinajstić information content (AvgIpc) is 3.27. The molecule has 2 heterocycles. The second-order valence-electron chi connectivity index (χ2n) is 9.90. The number of rotatable bonds is 4. The Balaban J connectivity index is 1.44. The molecule has 2 unspecified atom stereocenters. The van der Waals surface area contributed by atoms with Crippen LogP contribution in [0.25, 0.3) is 10.9 Å². The molecular weight excluding hydrogens is 454 g/mol. The maximum Gasteiger partial charge on any atom is 0.270 e. The molecule has 1 fully saturated rings. The van der Waals surface area contributed by atoms with Gasteiger partial charge in [0.05, 0.1) is 12.0 Å². The van der Waals surface area contributed by atoms with E-state index >= 15 is 0 Å². The van der Waals surface area contributed by atoms with Gasteiger partial charge >= 0.3 is 0 Å². The van der Waals surface area contributed by atoms with Crippen molar-refractivity contribution < 1.29 is 14.5 Å². The van der Waals surface area contributed by atoms with E-state index in [1.165, 1.54) is 5.56 Å². The number of nitrogens with zero attached hydrogens (tertiary/aromatic N) is 2. The minimum atomic E-state index is -0.344. The van der Waals surface area contributed by atoms with Crippen LogP contribution in [0.3, 0.4) is 0 Å². The molecule has 4 aromatic rings. The maximum atomic E-state index is 13.4. The van der Waals surface area contributed by atoms with E-state index in [0.29, 0.717) is 18.7 Å². The van der Waals surface area contributed by atoms with Crippen molar-refractivity contribution in [3.8, 4) is 5.75 Å². The summed E-state index contributed by atoms with van der Waals surface area (Å²) in [6, 6.07) is 22.8. The summed E-state index contributed by atoms with van der Waals surface area (Å²) in [7, 11) is 1.68. The first kappa shape index (κ1) is 22.3. The van der Waals surface area contributed by atoms with Crippen LogP contribution in [0.5, 0.6) is 5.75 Å². The number of non-ortho nitro benzene ring substituents is 1. The minimum absolute atomic E-state index is 0.0511. The molecule has 0 bridgehead atoms. The number of carbonyl (C=O) groups excluding carboxylic acids is 1. The molecule has 2 atom stereocenters. The van der Waals surface area contributed by atoms with E-state index in [2.05, 4.69) is 17.1 Å². The van der Waals surface area contributed by atoms with E-state index in [1.807, 2.05) is 47.4 Å². The summed E-state index contributed by atoms with van der Waals surface area (Å²) in [4.78, 5) is 30.0. The standard InChI is InChI=1S/C29H27N3O4/c1-36-23-9-5-8-20(14-23)29-12-13-31(28(33)19-6-3-2-4-7-19)18-21(29)15-24-25-16-22(32(34)35)10-11-26(25)30-27(24)17-29/h2-11,14,16,21,30H,12-13,15,17-18H2,1H3. The van der Waals surface area contributed by atoms with Crippen molar-refractivity contribution in [3.05, 3.63) is 105 Å². The number of aromatic nitrogens is 1. The topological polar surface area (TPSA) is 88.5 Å². The third-order valence-corrected chi connectivity index (χ3v) is 8.13. The molecule has 1 aliphatic carbocycles. The summed E-state index contributed by atoms with van der Waals surface area (Å²) in [5.74, 6) is 1.04. The van der Waals surface area contributed by atoms with Gasteiger partial charge in [-0.3, -0.25) is 14.9 Å². The van der Waals surface area contributed by atoms with Gasteiger partial charge in [-0.15, -0.1) is 0 Å². The van der Waals surface area contributed by atoms with Crippen molar-refractivity contribution in [2.45, 2.75) is 24.7 Å². The van der Waals surface area contributed by atoms with Crippen LogP contribution >= 0.6 is 0 Å². The minimum Gasteiger partial charge on any atom is -0.497 e. The van der Waals surface area contributed by atoms with Crippen molar-refractivity contribution in [1.29, 1.82) is 0 Å². The second kappa shape index (κ2) is 8.52. The van der Waals surface area contributed by atoms with Gasteiger partial charge in [0, 0.05) is 52.8 Å². The van der Waals surface area contributed by atoms with Gasteiger partial charge in [-0.1, -0.05) is 30.3 Å². The van der Waals surface area contributed by atoms with Crippen LogP contribution in [0.2, 0.25) is 0 Å². The van der Waals surface area contributed by atoms with E-state index in [9.17, 15) is 14.9 Å². The number of aromatic amines is 1. The summed E-state index contributed by atoms with van der Waals surface area (Å²) < 4.78 is 5.56. The number of nitro groups is 1. The summed E-state index contributed by atoms with van der Waals surface area (Å²) in [5, 5.41) is 12.4. The molecule has 0 spiro atoms. The summed E-state index contributed by atoms with van der Waals surface area (Å²) in [5.41, 5.74) is 5.03. The number of hydrogen-bond acceptors (Lipinski definition) is 4. The Morgan fingerprint density at radius 3 is 2.72 bits per heavy atom. The van der Waals surface area contributed by atoms with Crippen molar-refractivity contribution >= 4 is 22.5 Å². The molecule has 7 heteroatoms. The number of fused-ring (bicyclic) bond motifs is 4. The van der Waals surface area contributed by atoms with Crippen LogP contribution in [-0.2, 0) is 18.3 Å². The monoisotopic (exact) mass is 481 g/mol. The number of hydrogen-bond donors (Lipinski definition) is 1. The molecule has 0 radical (unpaired) electrons. The van der Waals surface area contributed by atoms with Crippen LogP contribution in [0.15, 0.2) is 72.8 Å². The summed E-state index contributed by atoms with van der Waals surface area (Å²) in [6.07, 6.45) is 2.36. The highest BCUT2D eigenvalue weighted by molar-refractivity contribution is 5.94. The quantitative estimate of drug-likeness (QED) is 0.317. The van der Waals surface area contributed by atoms with Crippen molar-refractivity contribution in [2.24, 2.45) is 5.92 Å². The number of piperidine rings is 1. The highest BCUT2D eigenvalue weighted by atomic mass is 16.6. The summed E-state index contributed by atoms with van der Waals surface area (Å²) >= 11 is 0. The molecule has 7 nitrogen and oxygen atoms in total. The lowest BCUT2D eigenvalue weighted by atomic mass is 9.58. The predicted octanol–water partition coefficient (Wildman–Crippen LogP) is 5.28. The molecule has 182 valence electrons. The van der Waals surface area contributed by atoms with Crippen LogP contribution in [0, 0.1) is 16.0 Å². The van der Waals surface area contributed by atoms with Gasteiger partial charge in [0.1, 0.15) is 5.75 Å². The fraction of sp³-hybridized carbons (Fsp3) is 0.276. The molecule has 3 aromatic carbocycles. The highest BCUT2D eigenvalue weighted by Crippen LogP contribution is 2.50. The van der Waals surface area contributed by atoms with Gasteiger partial charge < -0.3 is 14.6 Å². The first-order chi connectivity index (χ1) is 17.5. The Hall–Kier alpha value is -4.13. The molecule has 36 heavy (non-hydrogen) atoms. The smallest absolute Gasteiger partial charge is 0.270 e. The van der Waals surface area contributed by atoms with Crippen LogP contribution in [0.4, 0.5) is 5.69 Å². The molecule has 6 rings (SSSR count). The van der Waals surface area contributed by atoms with Crippen LogP contribution in [0.1, 0.15) is 33.6 Å². The maximum absolute atomic E-state index is 13.4. The number of likely N-dealkylation sites (tertiary alicyclic amines) is 1. The fourth-order valence-electron chi connectivity index (χ4n) is 6.28. The Kier molecular flexibility index (Phi) is 5.29. The van der Waals surface area contributed by atoms with E-state index in [4.69, 9.17) is 4.74 Å². The third kappa shape index (κ3) is 3.54. The molecular formula is C29H27N3O4. The average molecular weight is 482 g/mol. The molecule has 1 saturated heterocycles.